The first-order chi connectivity index (χ1) is 10.5. The number of carbonyl (C=O) groups excluding carboxylic acids is 3. The van der Waals surface area contributed by atoms with Gasteiger partial charge in [0, 0.05) is 24.7 Å². The van der Waals surface area contributed by atoms with E-state index in [1.54, 1.807) is 24.1 Å². The number of nitrogens with zero attached hydrogens (tertiary/aromatic N) is 2. The first-order valence-corrected chi connectivity index (χ1v) is 7.73. The molecule has 0 unspecified atom stereocenters. The fourth-order valence-corrected chi connectivity index (χ4v) is 3.43. The van der Waals surface area contributed by atoms with E-state index in [0.29, 0.717) is 11.4 Å². The fraction of sp³-hybridized carbons (Fsp3) is 0.357. The standard InChI is InChI=1S/C14H15N3O4S/c1-15-13(19)10-6-17(14(20)21-10)8-3-4-9-11(5-8)22-7-12(18)16(9)2/h3-5,10H,6-7H2,1-2H3,(H,15,19)/t10-/m1/s1. The van der Waals surface area contributed by atoms with E-state index < -0.39 is 12.2 Å². The zero-order valence-electron chi connectivity index (χ0n) is 12.2. The van der Waals surface area contributed by atoms with E-state index in [1.807, 2.05) is 6.07 Å². The summed E-state index contributed by atoms with van der Waals surface area (Å²) in [5, 5.41) is 2.47. The smallest absolute Gasteiger partial charge is 0.415 e. The molecule has 0 spiro atoms. The van der Waals surface area contributed by atoms with Gasteiger partial charge in [-0.25, -0.2) is 4.79 Å². The summed E-state index contributed by atoms with van der Waals surface area (Å²) in [6.45, 7) is 0.177. The Morgan fingerprint density at radius 1 is 1.41 bits per heavy atom. The van der Waals surface area contributed by atoms with Crippen LogP contribution >= 0.6 is 11.8 Å². The van der Waals surface area contributed by atoms with E-state index in [0.717, 1.165) is 10.6 Å². The van der Waals surface area contributed by atoms with Gasteiger partial charge in [0.2, 0.25) is 5.91 Å². The summed E-state index contributed by atoms with van der Waals surface area (Å²) in [4.78, 5) is 39.2. The zero-order chi connectivity index (χ0) is 15.9. The number of anilines is 2. The number of carbonyl (C=O) groups is 3. The van der Waals surface area contributed by atoms with Crippen molar-refractivity contribution in [2.24, 2.45) is 0 Å². The van der Waals surface area contributed by atoms with Crippen LogP contribution in [0.4, 0.5) is 16.2 Å². The van der Waals surface area contributed by atoms with Gasteiger partial charge in [0.25, 0.3) is 5.91 Å². The van der Waals surface area contributed by atoms with Crippen LogP contribution in [0.25, 0.3) is 0 Å². The van der Waals surface area contributed by atoms with E-state index in [1.165, 1.54) is 23.7 Å². The third kappa shape index (κ3) is 2.39. The Bertz CT molecular complexity index is 663. The molecule has 1 aromatic rings. The molecule has 1 saturated heterocycles. The number of hydrogen-bond donors (Lipinski definition) is 1. The quantitative estimate of drug-likeness (QED) is 0.873. The highest BCUT2D eigenvalue weighted by Crippen LogP contribution is 2.38. The van der Waals surface area contributed by atoms with Gasteiger partial charge in [-0.1, -0.05) is 0 Å². The van der Waals surface area contributed by atoms with Crippen LogP contribution in [0.2, 0.25) is 0 Å². The van der Waals surface area contributed by atoms with Crippen molar-refractivity contribution in [1.82, 2.24) is 5.32 Å². The normalized spacial score (nSPS) is 20.7. The molecule has 3 rings (SSSR count). The van der Waals surface area contributed by atoms with Gasteiger partial charge in [-0.05, 0) is 18.2 Å². The summed E-state index contributed by atoms with van der Waals surface area (Å²) >= 11 is 1.44. The summed E-state index contributed by atoms with van der Waals surface area (Å²) in [5.74, 6) is 0.0946. The maximum absolute atomic E-state index is 11.9. The maximum atomic E-state index is 11.9. The lowest BCUT2D eigenvalue weighted by atomic mass is 10.2. The lowest BCUT2D eigenvalue weighted by Crippen LogP contribution is -2.35. The molecule has 2 aliphatic rings. The summed E-state index contributed by atoms with van der Waals surface area (Å²) in [6, 6.07) is 5.40. The fourth-order valence-electron chi connectivity index (χ4n) is 2.41. The second kappa shape index (κ2) is 5.53. The molecule has 0 aliphatic carbocycles. The molecule has 1 N–H and O–H groups in total. The first kappa shape index (κ1) is 14.7. The molecule has 7 nitrogen and oxygen atoms in total. The first-order valence-electron chi connectivity index (χ1n) is 6.74. The number of ether oxygens (including phenoxy) is 1. The van der Waals surface area contributed by atoms with E-state index >= 15 is 0 Å². The molecule has 1 aromatic carbocycles. The lowest BCUT2D eigenvalue weighted by Gasteiger charge is -2.26. The molecule has 1 atom stereocenters. The minimum absolute atomic E-state index is 0.0468. The average Bonchev–Trinajstić information content (AvgIpc) is 2.92. The Balaban J connectivity index is 1.86. The number of rotatable bonds is 2. The van der Waals surface area contributed by atoms with Crippen LogP contribution in [-0.2, 0) is 14.3 Å². The Morgan fingerprint density at radius 2 is 2.18 bits per heavy atom. The van der Waals surface area contributed by atoms with Crippen molar-refractivity contribution in [2.75, 3.05) is 36.2 Å². The van der Waals surface area contributed by atoms with Gasteiger partial charge < -0.3 is 15.0 Å². The van der Waals surface area contributed by atoms with Crippen LogP contribution in [0.5, 0.6) is 0 Å². The van der Waals surface area contributed by atoms with Crippen LogP contribution in [0.1, 0.15) is 0 Å². The minimum atomic E-state index is -0.801. The number of likely N-dealkylation sites (N-methyl/N-ethyl adjacent to an activating group) is 1. The Kier molecular flexibility index (Phi) is 3.69. The average molecular weight is 321 g/mol. The van der Waals surface area contributed by atoms with Crippen LogP contribution in [0.15, 0.2) is 23.1 Å². The Morgan fingerprint density at radius 3 is 2.91 bits per heavy atom. The molecular formula is C14H15N3O4S. The number of amides is 3. The Labute approximate surface area is 131 Å². The monoisotopic (exact) mass is 321 g/mol. The topological polar surface area (TPSA) is 79.0 Å². The van der Waals surface area contributed by atoms with Gasteiger partial charge in [0.05, 0.1) is 18.0 Å². The van der Waals surface area contributed by atoms with Gasteiger partial charge >= 0.3 is 6.09 Å². The molecule has 3 amide bonds. The van der Waals surface area contributed by atoms with E-state index in [-0.39, 0.29) is 18.4 Å². The number of thioether (sulfide) groups is 1. The molecule has 1 fully saturated rings. The number of cyclic esters (lactones) is 1. The maximum Gasteiger partial charge on any atom is 0.415 e. The highest BCUT2D eigenvalue weighted by molar-refractivity contribution is 8.00. The predicted octanol–water partition coefficient (Wildman–Crippen LogP) is 0.826. The van der Waals surface area contributed by atoms with Gasteiger partial charge in [0.15, 0.2) is 6.10 Å². The second-order valence-electron chi connectivity index (χ2n) is 4.99. The summed E-state index contributed by atoms with van der Waals surface area (Å²) < 4.78 is 5.07. The van der Waals surface area contributed by atoms with Crippen LogP contribution < -0.4 is 15.1 Å². The van der Waals surface area contributed by atoms with Gasteiger partial charge in [-0.3, -0.25) is 14.5 Å². The van der Waals surface area contributed by atoms with E-state index in [9.17, 15) is 14.4 Å². The highest BCUT2D eigenvalue weighted by Gasteiger charge is 2.37. The van der Waals surface area contributed by atoms with Crippen LogP contribution in [0.3, 0.4) is 0 Å². The number of fused-ring (bicyclic) bond motifs is 1. The molecule has 0 saturated carbocycles. The second-order valence-corrected chi connectivity index (χ2v) is 6.01. The van der Waals surface area contributed by atoms with Gasteiger partial charge in [0.1, 0.15) is 0 Å². The number of benzene rings is 1. The van der Waals surface area contributed by atoms with Crippen LogP contribution in [0, 0.1) is 0 Å². The van der Waals surface area contributed by atoms with Crippen molar-refractivity contribution < 1.29 is 19.1 Å². The molecule has 0 aromatic heterocycles. The number of hydrogen-bond acceptors (Lipinski definition) is 5. The summed E-state index contributed by atoms with van der Waals surface area (Å²) in [5.41, 5.74) is 1.48. The van der Waals surface area contributed by atoms with Crippen molar-refractivity contribution in [1.29, 1.82) is 0 Å². The largest absolute Gasteiger partial charge is 0.434 e. The molecule has 2 aliphatic heterocycles. The third-order valence-electron chi connectivity index (χ3n) is 3.69. The minimum Gasteiger partial charge on any atom is -0.434 e. The van der Waals surface area contributed by atoms with Crippen molar-refractivity contribution in [2.45, 2.75) is 11.0 Å². The lowest BCUT2D eigenvalue weighted by molar-refractivity contribution is -0.127. The molecule has 116 valence electrons. The van der Waals surface area contributed by atoms with Crippen molar-refractivity contribution in [3.05, 3.63) is 18.2 Å². The Hall–Kier alpha value is -2.22. The van der Waals surface area contributed by atoms with Crippen molar-refractivity contribution in [3.8, 4) is 0 Å². The highest BCUT2D eigenvalue weighted by atomic mass is 32.2. The van der Waals surface area contributed by atoms with Gasteiger partial charge in [-0.15, -0.1) is 11.8 Å². The predicted molar refractivity (Wildman–Crippen MR) is 82.3 cm³/mol. The summed E-state index contributed by atoms with van der Waals surface area (Å²) in [7, 11) is 3.23. The molecule has 8 heteroatoms. The number of nitrogens with one attached hydrogen (secondary N) is 1. The molecule has 2 heterocycles. The van der Waals surface area contributed by atoms with E-state index in [4.69, 9.17) is 4.74 Å². The van der Waals surface area contributed by atoms with Crippen LogP contribution in [-0.4, -0.2) is 50.4 Å². The third-order valence-corrected chi connectivity index (χ3v) is 4.72. The molecule has 0 bridgehead atoms. The SMILES string of the molecule is CNC(=O)[C@H]1CN(c2ccc3c(c2)SCC(=O)N3C)C(=O)O1. The molecule has 22 heavy (non-hydrogen) atoms. The van der Waals surface area contributed by atoms with E-state index in [2.05, 4.69) is 5.32 Å². The molecular weight excluding hydrogens is 306 g/mol. The van der Waals surface area contributed by atoms with Crippen molar-refractivity contribution >= 4 is 41.0 Å². The van der Waals surface area contributed by atoms with Gasteiger partial charge in [-0.2, -0.15) is 0 Å². The summed E-state index contributed by atoms with van der Waals surface area (Å²) in [6.07, 6.45) is -1.34. The van der Waals surface area contributed by atoms with Crippen molar-refractivity contribution in [3.63, 3.8) is 0 Å². The molecule has 0 radical (unpaired) electrons. The zero-order valence-corrected chi connectivity index (χ0v) is 13.0.